The summed E-state index contributed by atoms with van der Waals surface area (Å²) in [6.45, 7) is 5.37. The van der Waals surface area contributed by atoms with Crippen LogP contribution in [0.15, 0.2) is 78.9 Å². The highest BCUT2D eigenvalue weighted by molar-refractivity contribution is 5.53. The van der Waals surface area contributed by atoms with E-state index < -0.39 is 5.60 Å². The van der Waals surface area contributed by atoms with Crippen molar-refractivity contribution < 1.29 is 4.74 Å². The maximum atomic E-state index is 6.70. The molecule has 2 heteroatoms. The number of hydrogen-bond donors (Lipinski definition) is 1. The first-order valence-electron chi connectivity index (χ1n) is 9.84. The van der Waals surface area contributed by atoms with Crippen LogP contribution in [0, 0.1) is 0 Å². The standard InChI is InChI=1S/C25H29NO/c1-3-20-12-8-10-16-23(20)25(27-19-18-26,22-14-6-5-7-15-22)24-17-11-9-13-21(24)4-2/h5-17H,3-4,18-19,26H2,1-2H3. The minimum atomic E-state index is -0.667. The molecule has 0 unspecified atom stereocenters. The summed E-state index contributed by atoms with van der Waals surface area (Å²) < 4.78 is 6.70. The molecule has 3 rings (SSSR count). The first kappa shape index (κ1) is 19.3. The molecule has 0 atom stereocenters. The van der Waals surface area contributed by atoms with E-state index in [1.54, 1.807) is 0 Å². The molecule has 3 aromatic carbocycles. The van der Waals surface area contributed by atoms with E-state index in [9.17, 15) is 0 Å². The Hall–Kier alpha value is -2.42. The van der Waals surface area contributed by atoms with Gasteiger partial charge in [-0.2, -0.15) is 0 Å². The van der Waals surface area contributed by atoms with Crippen molar-refractivity contribution in [2.24, 2.45) is 5.73 Å². The topological polar surface area (TPSA) is 35.2 Å². The lowest BCUT2D eigenvalue weighted by molar-refractivity contribution is 0.0167. The number of aryl methyl sites for hydroxylation is 2. The fraction of sp³-hybridized carbons (Fsp3) is 0.280. The Bertz CT molecular complexity index is 809. The van der Waals surface area contributed by atoms with E-state index >= 15 is 0 Å². The van der Waals surface area contributed by atoms with Crippen molar-refractivity contribution in [1.82, 2.24) is 0 Å². The van der Waals surface area contributed by atoms with Crippen LogP contribution in [0.3, 0.4) is 0 Å². The third-order valence-corrected chi connectivity index (χ3v) is 5.17. The zero-order valence-corrected chi connectivity index (χ0v) is 16.3. The van der Waals surface area contributed by atoms with Crippen molar-refractivity contribution in [3.63, 3.8) is 0 Å². The smallest absolute Gasteiger partial charge is 0.144 e. The summed E-state index contributed by atoms with van der Waals surface area (Å²) in [6, 6.07) is 27.8. The van der Waals surface area contributed by atoms with Gasteiger partial charge in [-0.15, -0.1) is 0 Å². The predicted octanol–water partition coefficient (Wildman–Crippen LogP) is 5.08. The van der Waals surface area contributed by atoms with E-state index in [2.05, 4.69) is 92.7 Å². The van der Waals surface area contributed by atoms with Crippen LogP contribution in [-0.4, -0.2) is 13.2 Å². The monoisotopic (exact) mass is 359 g/mol. The van der Waals surface area contributed by atoms with Crippen LogP contribution < -0.4 is 5.73 Å². The van der Waals surface area contributed by atoms with E-state index in [-0.39, 0.29) is 0 Å². The Balaban J connectivity index is 2.39. The van der Waals surface area contributed by atoms with Gasteiger partial charge in [-0.05, 0) is 40.7 Å². The first-order valence-corrected chi connectivity index (χ1v) is 9.84. The Morgan fingerprint density at radius 2 is 1.19 bits per heavy atom. The maximum Gasteiger partial charge on any atom is 0.144 e. The van der Waals surface area contributed by atoms with Crippen molar-refractivity contribution in [2.45, 2.75) is 32.3 Å². The van der Waals surface area contributed by atoms with Gasteiger partial charge in [0.05, 0.1) is 6.61 Å². The highest BCUT2D eigenvalue weighted by Crippen LogP contribution is 2.43. The van der Waals surface area contributed by atoms with Crippen molar-refractivity contribution in [3.8, 4) is 0 Å². The first-order chi connectivity index (χ1) is 13.3. The maximum absolute atomic E-state index is 6.70. The lowest BCUT2D eigenvalue weighted by Crippen LogP contribution is -2.36. The molecular weight excluding hydrogens is 330 g/mol. The molecule has 0 spiro atoms. The van der Waals surface area contributed by atoms with Crippen molar-refractivity contribution in [3.05, 3.63) is 107 Å². The molecule has 140 valence electrons. The summed E-state index contributed by atoms with van der Waals surface area (Å²) in [4.78, 5) is 0. The minimum absolute atomic E-state index is 0.483. The SMILES string of the molecule is CCc1ccccc1C(OCCN)(c1ccccc1)c1ccccc1CC. The Labute approximate surface area is 163 Å². The molecule has 2 nitrogen and oxygen atoms in total. The second-order valence-electron chi connectivity index (χ2n) is 6.71. The molecule has 0 aliphatic heterocycles. The van der Waals surface area contributed by atoms with Gasteiger partial charge in [0.2, 0.25) is 0 Å². The van der Waals surface area contributed by atoms with Gasteiger partial charge < -0.3 is 10.5 Å². The van der Waals surface area contributed by atoms with E-state index in [1.807, 2.05) is 0 Å². The molecule has 0 saturated carbocycles. The molecule has 0 aliphatic rings. The zero-order valence-electron chi connectivity index (χ0n) is 16.3. The van der Waals surface area contributed by atoms with Crippen LogP contribution in [0.25, 0.3) is 0 Å². The summed E-state index contributed by atoms with van der Waals surface area (Å²) in [7, 11) is 0. The molecule has 2 N–H and O–H groups in total. The largest absolute Gasteiger partial charge is 0.360 e. The van der Waals surface area contributed by atoms with Crippen molar-refractivity contribution >= 4 is 0 Å². The van der Waals surface area contributed by atoms with Gasteiger partial charge in [0.1, 0.15) is 5.60 Å². The Morgan fingerprint density at radius 1 is 0.704 bits per heavy atom. The van der Waals surface area contributed by atoms with E-state index in [4.69, 9.17) is 10.5 Å². The molecule has 0 fully saturated rings. The van der Waals surface area contributed by atoms with E-state index in [1.165, 1.54) is 22.3 Å². The van der Waals surface area contributed by atoms with Crippen LogP contribution in [0.4, 0.5) is 0 Å². The summed E-state index contributed by atoms with van der Waals surface area (Å²) in [5.41, 5.74) is 11.4. The van der Waals surface area contributed by atoms with Gasteiger partial charge in [0.15, 0.2) is 0 Å². The zero-order chi connectivity index (χ0) is 19.1. The van der Waals surface area contributed by atoms with E-state index in [0.29, 0.717) is 13.2 Å². The highest BCUT2D eigenvalue weighted by Gasteiger charge is 2.40. The fourth-order valence-corrected chi connectivity index (χ4v) is 3.92. The molecule has 0 saturated heterocycles. The fourth-order valence-electron chi connectivity index (χ4n) is 3.92. The highest BCUT2D eigenvalue weighted by atomic mass is 16.5. The average Bonchev–Trinajstić information content (AvgIpc) is 2.75. The molecule has 0 bridgehead atoms. The van der Waals surface area contributed by atoms with Crippen LogP contribution in [0.5, 0.6) is 0 Å². The van der Waals surface area contributed by atoms with Gasteiger partial charge in [-0.3, -0.25) is 0 Å². The van der Waals surface area contributed by atoms with Crippen molar-refractivity contribution in [1.29, 1.82) is 0 Å². The number of ether oxygens (including phenoxy) is 1. The summed E-state index contributed by atoms with van der Waals surface area (Å²) in [5.74, 6) is 0. The number of benzene rings is 3. The van der Waals surface area contributed by atoms with E-state index in [0.717, 1.165) is 18.4 Å². The van der Waals surface area contributed by atoms with Crippen LogP contribution in [0.1, 0.15) is 41.7 Å². The van der Waals surface area contributed by atoms with Gasteiger partial charge >= 0.3 is 0 Å². The average molecular weight is 360 g/mol. The van der Waals surface area contributed by atoms with Gasteiger partial charge in [0.25, 0.3) is 0 Å². The van der Waals surface area contributed by atoms with Gasteiger partial charge in [0, 0.05) is 6.54 Å². The van der Waals surface area contributed by atoms with Crippen LogP contribution in [-0.2, 0) is 23.2 Å². The molecule has 0 aliphatic carbocycles. The van der Waals surface area contributed by atoms with Crippen LogP contribution >= 0.6 is 0 Å². The molecule has 0 amide bonds. The van der Waals surface area contributed by atoms with Gasteiger partial charge in [-0.1, -0.05) is 92.7 Å². The normalized spacial score (nSPS) is 11.5. The Morgan fingerprint density at radius 3 is 1.67 bits per heavy atom. The van der Waals surface area contributed by atoms with Crippen LogP contribution in [0.2, 0.25) is 0 Å². The quantitative estimate of drug-likeness (QED) is 0.569. The number of rotatable bonds is 8. The van der Waals surface area contributed by atoms with Crippen molar-refractivity contribution in [2.75, 3.05) is 13.2 Å². The molecular formula is C25H29NO. The molecule has 27 heavy (non-hydrogen) atoms. The molecule has 0 radical (unpaired) electrons. The molecule has 0 aromatic heterocycles. The second kappa shape index (κ2) is 8.98. The Kier molecular flexibility index (Phi) is 6.44. The summed E-state index contributed by atoms with van der Waals surface area (Å²) in [5, 5.41) is 0. The predicted molar refractivity (Wildman–Crippen MR) is 113 cm³/mol. The number of nitrogens with two attached hydrogens (primary N) is 1. The third kappa shape index (κ3) is 3.69. The molecule has 3 aromatic rings. The lowest BCUT2D eigenvalue weighted by atomic mass is 9.75. The second-order valence-corrected chi connectivity index (χ2v) is 6.71. The van der Waals surface area contributed by atoms with Gasteiger partial charge in [-0.25, -0.2) is 0 Å². The molecule has 0 heterocycles. The lowest BCUT2D eigenvalue weighted by Gasteiger charge is -2.38. The number of hydrogen-bond acceptors (Lipinski definition) is 2. The summed E-state index contributed by atoms with van der Waals surface area (Å²) >= 11 is 0. The summed E-state index contributed by atoms with van der Waals surface area (Å²) in [6.07, 6.45) is 1.90. The third-order valence-electron chi connectivity index (χ3n) is 5.17. The minimum Gasteiger partial charge on any atom is -0.360 e.